The number of ether oxygens (including phenoxy) is 1. The maximum atomic E-state index is 12.0. The van der Waals surface area contributed by atoms with Crippen LogP contribution in [0, 0.1) is 5.92 Å². The molecule has 0 radical (unpaired) electrons. The molecule has 1 aromatic rings. The minimum atomic E-state index is -0.219. The Morgan fingerprint density at radius 3 is 2.71 bits per heavy atom. The lowest BCUT2D eigenvalue weighted by atomic mass is 9.92. The fourth-order valence-corrected chi connectivity index (χ4v) is 1.97. The summed E-state index contributed by atoms with van der Waals surface area (Å²) in [4.78, 5) is 12.0. The highest BCUT2D eigenvalue weighted by Crippen LogP contribution is 2.25. The molecule has 0 aliphatic carbocycles. The summed E-state index contributed by atoms with van der Waals surface area (Å²) >= 11 is 0. The first-order valence-corrected chi connectivity index (χ1v) is 6.30. The molecule has 1 heterocycles. The van der Waals surface area contributed by atoms with E-state index >= 15 is 0 Å². The predicted octanol–water partition coefficient (Wildman–Crippen LogP) is 2.60. The van der Waals surface area contributed by atoms with Gasteiger partial charge >= 0.3 is 5.97 Å². The van der Waals surface area contributed by atoms with Crippen molar-refractivity contribution in [1.29, 1.82) is 0 Å². The molecule has 0 aliphatic heterocycles. The summed E-state index contributed by atoms with van der Waals surface area (Å²) in [6.45, 7) is 9.25. The molecule has 0 amide bonds. The summed E-state index contributed by atoms with van der Waals surface area (Å²) in [6, 6.07) is 1.91. The molecule has 1 rings (SSSR count). The van der Waals surface area contributed by atoms with Crippen molar-refractivity contribution in [2.45, 2.75) is 46.6 Å². The number of nitrogens with zero attached hydrogens (tertiary/aromatic N) is 2. The number of aryl methyl sites for hydroxylation is 1. The summed E-state index contributed by atoms with van der Waals surface area (Å²) < 4.78 is 7.05. The fraction of sp³-hybridized carbons (Fsp3) is 0.692. The first kappa shape index (κ1) is 13.7. The Labute approximate surface area is 103 Å². The van der Waals surface area contributed by atoms with Crippen LogP contribution in [0.4, 0.5) is 0 Å². The molecule has 1 unspecified atom stereocenters. The first-order valence-electron chi connectivity index (χ1n) is 6.30. The van der Waals surface area contributed by atoms with Gasteiger partial charge in [-0.15, -0.1) is 0 Å². The van der Waals surface area contributed by atoms with E-state index in [9.17, 15) is 4.79 Å². The first-order chi connectivity index (χ1) is 8.11. The van der Waals surface area contributed by atoms with Gasteiger partial charge in [0.15, 0.2) is 0 Å². The quantitative estimate of drug-likeness (QED) is 0.715. The van der Waals surface area contributed by atoms with E-state index in [1.54, 1.807) is 6.20 Å². The highest BCUT2D eigenvalue weighted by molar-refractivity contribution is 5.77. The summed E-state index contributed by atoms with van der Waals surface area (Å²) in [5.74, 6) is -0.161. The molecule has 0 N–H and O–H groups in total. The lowest BCUT2D eigenvalue weighted by Crippen LogP contribution is -2.24. The molecule has 4 heteroatoms. The van der Waals surface area contributed by atoms with Crippen LogP contribution in [-0.2, 0) is 16.1 Å². The van der Waals surface area contributed by atoms with Crippen molar-refractivity contribution in [3.63, 3.8) is 0 Å². The van der Waals surface area contributed by atoms with Crippen LogP contribution in [-0.4, -0.2) is 22.4 Å². The van der Waals surface area contributed by atoms with E-state index in [0.717, 1.165) is 18.7 Å². The number of hydrogen-bond donors (Lipinski definition) is 0. The Morgan fingerprint density at radius 2 is 2.18 bits per heavy atom. The molecular weight excluding hydrogens is 216 g/mol. The maximum Gasteiger partial charge on any atom is 0.315 e. The Kier molecular flexibility index (Phi) is 5.19. The van der Waals surface area contributed by atoms with Crippen molar-refractivity contribution in [2.24, 2.45) is 5.92 Å². The minimum Gasteiger partial charge on any atom is -0.465 e. The Hall–Kier alpha value is -1.32. The summed E-state index contributed by atoms with van der Waals surface area (Å²) in [5, 5.41) is 4.26. The SMILES string of the molecule is CCCn1nccc1C(C(=O)OCC)C(C)C. The third kappa shape index (κ3) is 3.32. The molecule has 0 bridgehead atoms. The van der Waals surface area contributed by atoms with E-state index < -0.39 is 0 Å². The second-order valence-electron chi connectivity index (χ2n) is 4.45. The van der Waals surface area contributed by atoms with Crippen LogP contribution in [0.1, 0.15) is 45.7 Å². The van der Waals surface area contributed by atoms with Crippen molar-refractivity contribution in [3.05, 3.63) is 18.0 Å². The number of carbonyl (C=O) groups excluding carboxylic acids is 1. The molecule has 0 spiro atoms. The number of carbonyl (C=O) groups is 1. The zero-order chi connectivity index (χ0) is 12.8. The van der Waals surface area contributed by atoms with Gasteiger partial charge < -0.3 is 4.74 Å². The molecule has 4 nitrogen and oxygen atoms in total. The summed E-state index contributed by atoms with van der Waals surface area (Å²) in [6.07, 6.45) is 2.75. The van der Waals surface area contributed by atoms with Crippen molar-refractivity contribution >= 4 is 5.97 Å². The Balaban J connectivity index is 2.97. The van der Waals surface area contributed by atoms with E-state index in [1.807, 2.05) is 31.5 Å². The third-order valence-corrected chi connectivity index (χ3v) is 2.71. The zero-order valence-electron chi connectivity index (χ0n) is 11.1. The molecular formula is C13H22N2O2. The van der Waals surface area contributed by atoms with Gasteiger partial charge in [0.1, 0.15) is 5.92 Å². The largest absolute Gasteiger partial charge is 0.465 e. The van der Waals surface area contributed by atoms with Crippen LogP contribution < -0.4 is 0 Å². The topological polar surface area (TPSA) is 44.1 Å². The van der Waals surface area contributed by atoms with E-state index in [0.29, 0.717) is 6.61 Å². The molecule has 96 valence electrons. The highest BCUT2D eigenvalue weighted by Gasteiger charge is 2.28. The minimum absolute atomic E-state index is 0.152. The van der Waals surface area contributed by atoms with Gasteiger partial charge in [-0.05, 0) is 25.3 Å². The van der Waals surface area contributed by atoms with Gasteiger partial charge in [-0.25, -0.2) is 0 Å². The Bertz CT molecular complexity index is 358. The third-order valence-electron chi connectivity index (χ3n) is 2.71. The van der Waals surface area contributed by atoms with Gasteiger partial charge in [0.25, 0.3) is 0 Å². The fourth-order valence-electron chi connectivity index (χ4n) is 1.97. The van der Waals surface area contributed by atoms with Gasteiger partial charge in [0, 0.05) is 12.7 Å². The van der Waals surface area contributed by atoms with E-state index in [-0.39, 0.29) is 17.8 Å². The van der Waals surface area contributed by atoms with Crippen molar-refractivity contribution in [3.8, 4) is 0 Å². The highest BCUT2D eigenvalue weighted by atomic mass is 16.5. The van der Waals surface area contributed by atoms with Crippen LogP contribution in [0.2, 0.25) is 0 Å². The molecule has 0 saturated carbocycles. The second-order valence-corrected chi connectivity index (χ2v) is 4.45. The number of rotatable bonds is 6. The van der Waals surface area contributed by atoms with Gasteiger partial charge in [-0.1, -0.05) is 20.8 Å². The molecule has 1 atom stereocenters. The standard InChI is InChI=1S/C13H22N2O2/c1-5-9-15-11(7-8-14-15)12(10(3)4)13(16)17-6-2/h7-8,10,12H,5-6,9H2,1-4H3. The smallest absolute Gasteiger partial charge is 0.315 e. The predicted molar refractivity (Wildman–Crippen MR) is 66.7 cm³/mol. The second kappa shape index (κ2) is 6.42. The number of hydrogen-bond acceptors (Lipinski definition) is 3. The number of esters is 1. The summed E-state index contributed by atoms with van der Waals surface area (Å²) in [7, 11) is 0. The van der Waals surface area contributed by atoms with Gasteiger partial charge in [0.2, 0.25) is 0 Å². The van der Waals surface area contributed by atoms with E-state index in [2.05, 4.69) is 12.0 Å². The van der Waals surface area contributed by atoms with Gasteiger partial charge in [0.05, 0.1) is 12.3 Å². The van der Waals surface area contributed by atoms with Crippen LogP contribution in [0.5, 0.6) is 0 Å². The van der Waals surface area contributed by atoms with Crippen molar-refractivity contribution in [1.82, 2.24) is 9.78 Å². The average molecular weight is 238 g/mol. The van der Waals surface area contributed by atoms with E-state index in [1.165, 1.54) is 0 Å². The molecule has 0 saturated heterocycles. The van der Waals surface area contributed by atoms with Gasteiger partial charge in [-0.2, -0.15) is 5.10 Å². The van der Waals surface area contributed by atoms with Crippen LogP contribution in [0.25, 0.3) is 0 Å². The van der Waals surface area contributed by atoms with Gasteiger partial charge in [-0.3, -0.25) is 9.48 Å². The number of aromatic nitrogens is 2. The lowest BCUT2D eigenvalue weighted by molar-refractivity contribution is -0.146. The molecule has 0 fully saturated rings. The Morgan fingerprint density at radius 1 is 1.47 bits per heavy atom. The molecule has 17 heavy (non-hydrogen) atoms. The van der Waals surface area contributed by atoms with Crippen molar-refractivity contribution in [2.75, 3.05) is 6.61 Å². The zero-order valence-corrected chi connectivity index (χ0v) is 11.1. The molecule has 0 aromatic carbocycles. The average Bonchev–Trinajstić information content (AvgIpc) is 2.67. The van der Waals surface area contributed by atoms with Crippen molar-refractivity contribution < 1.29 is 9.53 Å². The molecule has 0 aliphatic rings. The van der Waals surface area contributed by atoms with Crippen LogP contribution >= 0.6 is 0 Å². The normalized spacial score (nSPS) is 12.8. The van der Waals surface area contributed by atoms with E-state index in [4.69, 9.17) is 4.74 Å². The van der Waals surface area contributed by atoms with Crippen LogP contribution in [0.15, 0.2) is 12.3 Å². The van der Waals surface area contributed by atoms with Crippen LogP contribution in [0.3, 0.4) is 0 Å². The maximum absolute atomic E-state index is 12.0. The summed E-state index contributed by atoms with van der Waals surface area (Å²) in [5.41, 5.74) is 0.959. The monoisotopic (exact) mass is 238 g/mol. The molecule has 1 aromatic heterocycles. The lowest BCUT2D eigenvalue weighted by Gasteiger charge is -2.20.